The molecule has 5 nitrogen and oxygen atoms in total. The van der Waals surface area contributed by atoms with E-state index < -0.39 is 17.9 Å². The number of nitrogens with zero attached hydrogens (tertiary/aromatic N) is 2. The third-order valence-electron chi connectivity index (χ3n) is 2.46. The lowest BCUT2D eigenvalue weighted by atomic mass is 10.1. The maximum absolute atomic E-state index is 12.0. The van der Waals surface area contributed by atoms with Crippen LogP contribution in [-0.2, 0) is 4.79 Å². The molecule has 0 aliphatic carbocycles. The Hall–Kier alpha value is -1.62. The Morgan fingerprint density at radius 2 is 2.24 bits per heavy atom. The number of carbonyl (C=O) groups excluding carboxylic acids is 1. The predicted octanol–water partition coefficient (Wildman–Crippen LogP) is 1.67. The molecule has 0 saturated carbocycles. The van der Waals surface area contributed by atoms with Crippen LogP contribution in [0.3, 0.4) is 0 Å². The first kappa shape index (κ1) is 13.4. The van der Waals surface area contributed by atoms with Gasteiger partial charge in [-0.05, 0) is 12.5 Å². The number of halogens is 1. The van der Waals surface area contributed by atoms with Crippen molar-refractivity contribution in [2.45, 2.75) is 19.4 Å². The van der Waals surface area contributed by atoms with E-state index in [4.69, 9.17) is 16.7 Å². The summed E-state index contributed by atoms with van der Waals surface area (Å²) in [5, 5.41) is 9.18. The highest BCUT2D eigenvalue weighted by molar-refractivity contribution is 6.33. The number of pyridine rings is 1. The van der Waals surface area contributed by atoms with Crippen LogP contribution in [0.25, 0.3) is 0 Å². The van der Waals surface area contributed by atoms with Gasteiger partial charge < -0.3 is 10.0 Å². The van der Waals surface area contributed by atoms with E-state index >= 15 is 0 Å². The molecule has 1 atom stereocenters. The third kappa shape index (κ3) is 2.94. The van der Waals surface area contributed by atoms with Crippen LogP contribution >= 0.6 is 11.6 Å². The van der Waals surface area contributed by atoms with Gasteiger partial charge in [0.1, 0.15) is 6.04 Å². The molecule has 0 aromatic carbocycles. The molecular formula is C11H13ClN2O3. The average Bonchev–Trinajstić information content (AvgIpc) is 2.29. The predicted molar refractivity (Wildman–Crippen MR) is 63.1 cm³/mol. The van der Waals surface area contributed by atoms with Crippen molar-refractivity contribution in [1.29, 1.82) is 0 Å². The Labute approximate surface area is 104 Å². The minimum atomic E-state index is -1.03. The van der Waals surface area contributed by atoms with Crippen molar-refractivity contribution in [3.8, 4) is 0 Å². The first-order valence-electron chi connectivity index (χ1n) is 5.08. The van der Waals surface area contributed by atoms with E-state index in [1.807, 2.05) is 0 Å². The summed E-state index contributed by atoms with van der Waals surface area (Å²) in [4.78, 5) is 27.9. The smallest absolute Gasteiger partial charge is 0.326 e. The molecule has 0 saturated heterocycles. The summed E-state index contributed by atoms with van der Waals surface area (Å²) in [6.07, 6.45) is 3.12. The number of rotatable bonds is 4. The number of hydrogen-bond acceptors (Lipinski definition) is 3. The number of hydrogen-bond donors (Lipinski definition) is 1. The van der Waals surface area contributed by atoms with E-state index in [-0.39, 0.29) is 10.6 Å². The number of amides is 1. The van der Waals surface area contributed by atoms with Gasteiger partial charge in [-0.15, -0.1) is 0 Å². The van der Waals surface area contributed by atoms with Crippen molar-refractivity contribution in [3.63, 3.8) is 0 Å². The van der Waals surface area contributed by atoms with Crippen LogP contribution in [0.15, 0.2) is 18.5 Å². The van der Waals surface area contributed by atoms with Gasteiger partial charge in [-0.25, -0.2) is 4.79 Å². The Morgan fingerprint density at radius 3 is 2.71 bits per heavy atom. The molecule has 0 aliphatic rings. The molecule has 1 amide bonds. The number of carbonyl (C=O) groups is 2. The van der Waals surface area contributed by atoms with Gasteiger partial charge >= 0.3 is 5.97 Å². The fraction of sp³-hybridized carbons (Fsp3) is 0.364. The fourth-order valence-corrected chi connectivity index (χ4v) is 1.69. The molecule has 1 N–H and O–H groups in total. The maximum Gasteiger partial charge on any atom is 0.326 e. The Kier molecular flexibility index (Phi) is 4.45. The molecule has 92 valence electrons. The van der Waals surface area contributed by atoms with Crippen LogP contribution in [-0.4, -0.2) is 40.0 Å². The highest BCUT2D eigenvalue weighted by Crippen LogP contribution is 2.17. The molecule has 1 heterocycles. The third-order valence-corrected chi connectivity index (χ3v) is 2.76. The molecule has 6 heteroatoms. The number of carboxylic acid groups (broad SMARTS) is 1. The number of carboxylic acids is 1. The summed E-state index contributed by atoms with van der Waals surface area (Å²) in [5.74, 6) is -1.46. The monoisotopic (exact) mass is 256 g/mol. The van der Waals surface area contributed by atoms with E-state index in [0.29, 0.717) is 6.42 Å². The first-order valence-corrected chi connectivity index (χ1v) is 5.46. The maximum atomic E-state index is 12.0. The minimum Gasteiger partial charge on any atom is -0.480 e. The van der Waals surface area contributed by atoms with Crippen molar-refractivity contribution in [3.05, 3.63) is 29.0 Å². The SMILES string of the molecule is CCC(C(=O)O)N(C)C(=O)c1ccncc1Cl. The summed E-state index contributed by atoms with van der Waals surface area (Å²) in [6, 6.07) is 0.613. The van der Waals surface area contributed by atoms with Crippen LogP contribution in [0.4, 0.5) is 0 Å². The molecule has 1 unspecified atom stereocenters. The number of aromatic nitrogens is 1. The van der Waals surface area contributed by atoms with Gasteiger partial charge in [0.05, 0.1) is 10.6 Å². The molecule has 1 aromatic rings. The normalized spacial score (nSPS) is 11.9. The lowest BCUT2D eigenvalue weighted by molar-refractivity contribution is -0.142. The Morgan fingerprint density at radius 1 is 1.59 bits per heavy atom. The molecule has 1 rings (SSSR count). The van der Waals surface area contributed by atoms with Crippen molar-refractivity contribution in [1.82, 2.24) is 9.88 Å². The topological polar surface area (TPSA) is 70.5 Å². The zero-order valence-electron chi connectivity index (χ0n) is 9.55. The molecule has 17 heavy (non-hydrogen) atoms. The van der Waals surface area contributed by atoms with Crippen molar-refractivity contribution >= 4 is 23.5 Å². The summed E-state index contributed by atoms with van der Waals surface area (Å²) in [7, 11) is 1.45. The van der Waals surface area contributed by atoms with E-state index in [1.165, 1.54) is 30.4 Å². The van der Waals surface area contributed by atoms with Crippen LogP contribution in [0.2, 0.25) is 5.02 Å². The van der Waals surface area contributed by atoms with Crippen molar-refractivity contribution in [2.75, 3.05) is 7.05 Å². The minimum absolute atomic E-state index is 0.213. The highest BCUT2D eigenvalue weighted by Gasteiger charge is 2.26. The zero-order valence-corrected chi connectivity index (χ0v) is 10.3. The van der Waals surface area contributed by atoms with Crippen LogP contribution in [0.5, 0.6) is 0 Å². The lowest BCUT2D eigenvalue weighted by Crippen LogP contribution is -2.42. The lowest BCUT2D eigenvalue weighted by Gasteiger charge is -2.24. The number of aliphatic carboxylic acids is 1. The van der Waals surface area contributed by atoms with Crippen LogP contribution in [0, 0.1) is 0 Å². The summed E-state index contributed by atoms with van der Waals surface area (Å²) >= 11 is 5.83. The fourth-order valence-electron chi connectivity index (χ4n) is 1.49. The molecule has 0 aliphatic heterocycles. The average molecular weight is 257 g/mol. The van der Waals surface area contributed by atoms with Gasteiger partial charge in [-0.1, -0.05) is 18.5 Å². The van der Waals surface area contributed by atoms with Crippen molar-refractivity contribution < 1.29 is 14.7 Å². The molecule has 0 radical (unpaired) electrons. The van der Waals surface area contributed by atoms with E-state index in [2.05, 4.69) is 4.98 Å². The Bertz CT molecular complexity index is 436. The van der Waals surface area contributed by atoms with E-state index in [1.54, 1.807) is 6.92 Å². The largest absolute Gasteiger partial charge is 0.480 e. The standard InChI is InChI=1S/C11H13ClN2O3/c1-3-9(11(16)17)14(2)10(15)7-4-5-13-6-8(7)12/h4-6,9H,3H2,1-2H3,(H,16,17). The van der Waals surface area contributed by atoms with E-state index in [9.17, 15) is 9.59 Å². The Balaban J connectivity index is 2.98. The second-order valence-corrected chi connectivity index (χ2v) is 3.94. The molecule has 0 bridgehead atoms. The molecule has 1 aromatic heterocycles. The summed E-state index contributed by atoms with van der Waals surface area (Å²) in [5.41, 5.74) is 0.254. The first-order chi connectivity index (χ1) is 7.99. The van der Waals surface area contributed by atoms with Gasteiger partial charge in [0.2, 0.25) is 0 Å². The second kappa shape index (κ2) is 5.63. The van der Waals surface area contributed by atoms with Gasteiger partial charge in [-0.2, -0.15) is 0 Å². The zero-order chi connectivity index (χ0) is 13.0. The van der Waals surface area contributed by atoms with Crippen LogP contribution in [0.1, 0.15) is 23.7 Å². The highest BCUT2D eigenvalue weighted by atomic mass is 35.5. The van der Waals surface area contributed by atoms with Crippen LogP contribution < -0.4 is 0 Å². The van der Waals surface area contributed by atoms with Gasteiger partial charge in [0.25, 0.3) is 5.91 Å². The van der Waals surface area contributed by atoms with E-state index in [0.717, 1.165) is 0 Å². The molecular weight excluding hydrogens is 244 g/mol. The van der Waals surface area contributed by atoms with Gasteiger partial charge in [0, 0.05) is 19.4 Å². The van der Waals surface area contributed by atoms with Crippen molar-refractivity contribution in [2.24, 2.45) is 0 Å². The quantitative estimate of drug-likeness (QED) is 0.890. The summed E-state index contributed by atoms with van der Waals surface area (Å²) < 4.78 is 0. The second-order valence-electron chi connectivity index (χ2n) is 3.53. The summed E-state index contributed by atoms with van der Waals surface area (Å²) in [6.45, 7) is 1.71. The molecule has 0 fully saturated rings. The molecule has 0 spiro atoms. The number of likely N-dealkylation sites (N-methyl/N-ethyl adjacent to an activating group) is 1. The van der Waals surface area contributed by atoms with Gasteiger partial charge in [-0.3, -0.25) is 9.78 Å². The van der Waals surface area contributed by atoms with Gasteiger partial charge in [0.15, 0.2) is 0 Å².